The summed E-state index contributed by atoms with van der Waals surface area (Å²) < 4.78 is 0. The molecule has 1 N–H and O–H groups in total. The van der Waals surface area contributed by atoms with Crippen LogP contribution in [0.3, 0.4) is 0 Å². The number of nitrogens with one attached hydrogen (secondary N) is 1. The van der Waals surface area contributed by atoms with Gasteiger partial charge in [-0.25, -0.2) is 0 Å². The summed E-state index contributed by atoms with van der Waals surface area (Å²) in [6.45, 7) is 6.02. The molecular formula is C14H19ClN2O3. The van der Waals surface area contributed by atoms with Crippen LogP contribution < -0.4 is 5.32 Å². The van der Waals surface area contributed by atoms with E-state index in [1.54, 1.807) is 0 Å². The molecule has 0 aliphatic rings. The van der Waals surface area contributed by atoms with Gasteiger partial charge in [0.2, 0.25) is 0 Å². The summed E-state index contributed by atoms with van der Waals surface area (Å²) in [6.07, 6.45) is 1.88. The molecule has 1 rings (SSSR count). The van der Waals surface area contributed by atoms with Gasteiger partial charge in [0.05, 0.1) is 4.92 Å². The van der Waals surface area contributed by atoms with Gasteiger partial charge in [-0.1, -0.05) is 38.3 Å². The van der Waals surface area contributed by atoms with Crippen LogP contribution in [-0.2, 0) is 0 Å². The molecule has 110 valence electrons. The molecule has 20 heavy (non-hydrogen) atoms. The number of carbonyl (C=O) groups excluding carboxylic acids is 1. The van der Waals surface area contributed by atoms with Crippen molar-refractivity contribution in [2.45, 2.75) is 39.7 Å². The van der Waals surface area contributed by atoms with Gasteiger partial charge in [0.1, 0.15) is 5.56 Å². The van der Waals surface area contributed by atoms with E-state index in [1.807, 2.05) is 6.92 Å². The summed E-state index contributed by atoms with van der Waals surface area (Å²) in [6, 6.07) is 3.94. The molecule has 1 unspecified atom stereocenters. The lowest BCUT2D eigenvalue weighted by Crippen LogP contribution is -2.38. The largest absolute Gasteiger partial charge is 0.349 e. The number of hydrogen-bond donors (Lipinski definition) is 1. The highest BCUT2D eigenvalue weighted by atomic mass is 35.5. The van der Waals surface area contributed by atoms with Gasteiger partial charge in [0, 0.05) is 17.1 Å². The number of benzene rings is 1. The predicted octanol–water partition coefficient (Wildman–Crippen LogP) is 3.80. The van der Waals surface area contributed by atoms with E-state index in [9.17, 15) is 14.9 Å². The second kappa shape index (κ2) is 7.24. The Bertz CT molecular complexity index is 501. The number of nitro benzene ring substituents is 1. The quantitative estimate of drug-likeness (QED) is 0.641. The molecule has 5 nitrogen and oxygen atoms in total. The Balaban J connectivity index is 2.97. The standard InChI is InChI=1S/C14H19ClN2O3/c1-4-10(5-2)9(3)16-14(18)12-8-11(15)6-7-13(12)17(19)20/h6-10H,4-5H2,1-3H3,(H,16,18). The van der Waals surface area contributed by atoms with E-state index in [-0.39, 0.29) is 17.3 Å². The lowest BCUT2D eigenvalue weighted by molar-refractivity contribution is -0.385. The summed E-state index contributed by atoms with van der Waals surface area (Å²) in [5.41, 5.74) is -0.232. The fourth-order valence-corrected chi connectivity index (χ4v) is 2.42. The molecule has 0 aliphatic carbocycles. The maximum Gasteiger partial charge on any atom is 0.282 e. The highest BCUT2D eigenvalue weighted by Gasteiger charge is 2.23. The molecule has 0 radical (unpaired) electrons. The first-order chi connectivity index (χ1) is 9.40. The second-order valence-electron chi connectivity index (χ2n) is 4.76. The molecule has 1 atom stereocenters. The maximum atomic E-state index is 12.2. The first-order valence-corrected chi connectivity index (χ1v) is 7.03. The summed E-state index contributed by atoms with van der Waals surface area (Å²) in [7, 11) is 0. The summed E-state index contributed by atoms with van der Waals surface area (Å²) in [5, 5.41) is 14.1. The van der Waals surface area contributed by atoms with Gasteiger partial charge < -0.3 is 5.32 Å². The second-order valence-corrected chi connectivity index (χ2v) is 5.19. The van der Waals surface area contributed by atoms with Crippen molar-refractivity contribution >= 4 is 23.2 Å². The Kier molecular flexibility index (Phi) is 5.95. The van der Waals surface area contributed by atoms with Crippen LogP contribution in [0, 0.1) is 16.0 Å². The molecule has 1 amide bonds. The summed E-state index contributed by atoms with van der Waals surface area (Å²) >= 11 is 5.82. The van der Waals surface area contributed by atoms with Gasteiger partial charge >= 0.3 is 0 Å². The molecule has 1 aromatic rings. The van der Waals surface area contributed by atoms with Gasteiger partial charge in [-0.15, -0.1) is 0 Å². The first kappa shape index (κ1) is 16.4. The number of rotatable bonds is 6. The van der Waals surface area contributed by atoms with Crippen molar-refractivity contribution in [1.82, 2.24) is 5.32 Å². The van der Waals surface area contributed by atoms with Crippen LogP contribution in [-0.4, -0.2) is 16.9 Å². The third-order valence-electron chi connectivity index (χ3n) is 3.51. The molecule has 0 fully saturated rings. The van der Waals surface area contributed by atoms with Crippen LogP contribution in [0.4, 0.5) is 5.69 Å². The molecular weight excluding hydrogens is 280 g/mol. The lowest BCUT2D eigenvalue weighted by atomic mass is 9.95. The molecule has 0 spiro atoms. The van der Waals surface area contributed by atoms with E-state index in [0.29, 0.717) is 10.9 Å². The lowest BCUT2D eigenvalue weighted by Gasteiger charge is -2.22. The van der Waals surface area contributed by atoms with Crippen LogP contribution in [0.15, 0.2) is 18.2 Å². The van der Waals surface area contributed by atoms with Crippen LogP contribution in [0.5, 0.6) is 0 Å². The molecule has 0 saturated heterocycles. The van der Waals surface area contributed by atoms with Gasteiger partial charge in [-0.05, 0) is 25.0 Å². The number of nitro groups is 1. The topological polar surface area (TPSA) is 72.2 Å². The highest BCUT2D eigenvalue weighted by molar-refractivity contribution is 6.31. The van der Waals surface area contributed by atoms with E-state index in [4.69, 9.17) is 11.6 Å². The average molecular weight is 299 g/mol. The molecule has 1 aromatic carbocycles. The molecule has 6 heteroatoms. The number of carbonyl (C=O) groups is 1. The Hall–Kier alpha value is -1.62. The Morgan fingerprint density at radius 1 is 1.40 bits per heavy atom. The third kappa shape index (κ3) is 3.93. The molecule has 0 saturated carbocycles. The highest BCUT2D eigenvalue weighted by Crippen LogP contribution is 2.23. The SMILES string of the molecule is CCC(CC)C(C)NC(=O)c1cc(Cl)ccc1[N+](=O)[O-]. The number of hydrogen-bond acceptors (Lipinski definition) is 3. The van der Waals surface area contributed by atoms with Gasteiger partial charge in [-0.2, -0.15) is 0 Å². The monoisotopic (exact) mass is 298 g/mol. The fourth-order valence-electron chi connectivity index (χ4n) is 2.25. The fraction of sp³-hybridized carbons (Fsp3) is 0.500. The Morgan fingerprint density at radius 3 is 2.50 bits per heavy atom. The predicted molar refractivity (Wildman–Crippen MR) is 79.1 cm³/mol. The molecule has 0 aliphatic heterocycles. The maximum absolute atomic E-state index is 12.2. The van der Waals surface area contributed by atoms with Crippen LogP contribution >= 0.6 is 11.6 Å². The van der Waals surface area contributed by atoms with Crippen LogP contribution in [0.2, 0.25) is 5.02 Å². The molecule has 0 bridgehead atoms. The smallest absolute Gasteiger partial charge is 0.282 e. The third-order valence-corrected chi connectivity index (χ3v) is 3.75. The first-order valence-electron chi connectivity index (χ1n) is 6.65. The van der Waals surface area contributed by atoms with Crippen molar-refractivity contribution in [3.8, 4) is 0 Å². The van der Waals surface area contributed by atoms with Crippen molar-refractivity contribution in [3.63, 3.8) is 0 Å². The van der Waals surface area contributed by atoms with Crippen molar-refractivity contribution in [2.75, 3.05) is 0 Å². The van der Waals surface area contributed by atoms with E-state index in [0.717, 1.165) is 12.8 Å². The average Bonchev–Trinajstić information content (AvgIpc) is 2.39. The zero-order valence-corrected chi connectivity index (χ0v) is 12.6. The minimum atomic E-state index is -0.576. The van der Waals surface area contributed by atoms with Gasteiger partial charge in [-0.3, -0.25) is 14.9 Å². The number of nitrogens with zero attached hydrogens (tertiary/aromatic N) is 1. The Morgan fingerprint density at radius 2 is 2.00 bits per heavy atom. The normalized spacial score (nSPS) is 12.2. The van der Waals surface area contributed by atoms with Crippen molar-refractivity contribution in [3.05, 3.63) is 38.9 Å². The zero-order chi connectivity index (χ0) is 15.3. The number of amides is 1. The Labute approximate surface area is 123 Å². The summed E-state index contributed by atoms with van der Waals surface area (Å²) in [4.78, 5) is 22.6. The van der Waals surface area contributed by atoms with Gasteiger partial charge in [0.15, 0.2) is 0 Å². The van der Waals surface area contributed by atoms with E-state index >= 15 is 0 Å². The molecule has 0 aromatic heterocycles. The minimum absolute atomic E-state index is 0.000283. The van der Waals surface area contributed by atoms with Crippen molar-refractivity contribution in [2.24, 2.45) is 5.92 Å². The molecule has 0 heterocycles. The van der Waals surface area contributed by atoms with E-state index in [1.165, 1.54) is 18.2 Å². The van der Waals surface area contributed by atoms with E-state index < -0.39 is 10.8 Å². The zero-order valence-electron chi connectivity index (χ0n) is 11.9. The van der Waals surface area contributed by atoms with E-state index in [2.05, 4.69) is 19.2 Å². The van der Waals surface area contributed by atoms with Crippen molar-refractivity contribution < 1.29 is 9.72 Å². The number of halogens is 1. The van der Waals surface area contributed by atoms with Gasteiger partial charge in [0.25, 0.3) is 11.6 Å². The summed E-state index contributed by atoms with van der Waals surface area (Å²) in [5.74, 6) is -0.115. The minimum Gasteiger partial charge on any atom is -0.349 e. The van der Waals surface area contributed by atoms with Crippen LogP contribution in [0.25, 0.3) is 0 Å². The van der Waals surface area contributed by atoms with Crippen molar-refractivity contribution in [1.29, 1.82) is 0 Å². The van der Waals surface area contributed by atoms with Crippen LogP contribution in [0.1, 0.15) is 44.0 Å².